The Kier molecular flexibility index (Phi) is 4.22. The molecule has 2 aromatic carbocycles. The van der Waals surface area contributed by atoms with Gasteiger partial charge in [-0.3, -0.25) is 14.5 Å². The van der Waals surface area contributed by atoms with E-state index < -0.39 is 0 Å². The molecular weight excluding hydrogens is 424 g/mol. The van der Waals surface area contributed by atoms with E-state index >= 15 is 0 Å². The smallest absolute Gasteiger partial charge is 0.254 e. The average molecular weight is 457 g/mol. The Morgan fingerprint density at radius 1 is 1.12 bits per heavy atom. The van der Waals surface area contributed by atoms with Crippen LogP contribution in [0.25, 0.3) is 0 Å². The number of hydrogen-bond donors (Lipinski definition) is 1. The molecule has 0 radical (unpaired) electrons. The van der Waals surface area contributed by atoms with E-state index in [1.54, 1.807) is 6.92 Å². The van der Waals surface area contributed by atoms with E-state index in [2.05, 4.69) is 15.9 Å². The Hall–Kier alpha value is -2.66. The van der Waals surface area contributed by atoms with Crippen LogP contribution in [0.15, 0.2) is 48.5 Å². The van der Waals surface area contributed by atoms with Gasteiger partial charge in [-0.2, -0.15) is 0 Å². The van der Waals surface area contributed by atoms with Gasteiger partial charge >= 0.3 is 0 Å². The zero-order valence-electron chi connectivity index (χ0n) is 19.7. The summed E-state index contributed by atoms with van der Waals surface area (Å²) in [6.07, 6.45) is 5.23. The third-order valence-corrected chi connectivity index (χ3v) is 10.3. The van der Waals surface area contributed by atoms with Crippen LogP contribution in [0.2, 0.25) is 0 Å². The number of Topliss-reactive ketones (excluding diaryl/α,β-unsaturated/α-hetero) is 1. The summed E-state index contributed by atoms with van der Waals surface area (Å²) in [6, 6.07) is 16.3. The number of phenols is 1. The summed E-state index contributed by atoms with van der Waals surface area (Å²) >= 11 is 0. The van der Waals surface area contributed by atoms with Gasteiger partial charge in [0.2, 0.25) is 0 Å². The first-order chi connectivity index (χ1) is 16.4. The van der Waals surface area contributed by atoms with Crippen LogP contribution in [0, 0.1) is 17.3 Å². The molecule has 0 spiro atoms. The first-order valence-electron chi connectivity index (χ1n) is 12.9. The molecule has 2 heterocycles. The number of amides is 1. The summed E-state index contributed by atoms with van der Waals surface area (Å²) in [7, 11) is 0. The van der Waals surface area contributed by atoms with Gasteiger partial charge in [-0.15, -0.1) is 0 Å². The molecule has 7 rings (SSSR count). The number of aromatic hydroxyl groups is 1. The molecule has 2 saturated heterocycles. The number of ketones is 1. The van der Waals surface area contributed by atoms with E-state index in [0.29, 0.717) is 30.2 Å². The Balaban J connectivity index is 1.36. The lowest BCUT2D eigenvalue weighted by molar-refractivity contribution is -0.128. The third kappa shape index (κ3) is 2.44. The second-order valence-corrected chi connectivity index (χ2v) is 11.5. The van der Waals surface area contributed by atoms with Crippen LogP contribution in [-0.2, 0) is 16.6 Å². The number of phenolic OH excluding ortho intramolecular Hbond substituents is 1. The van der Waals surface area contributed by atoms with Gasteiger partial charge in [0, 0.05) is 29.6 Å². The van der Waals surface area contributed by atoms with E-state index in [1.807, 2.05) is 42.5 Å². The fourth-order valence-corrected chi connectivity index (χ4v) is 9.55. The zero-order valence-corrected chi connectivity index (χ0v) is 19.7. The van der Waals surface area contributed by atoms with E-state index in [4.69, 9.17) is 0 Å². The molecule has 5 aliphatic rings. The largest absolute Gasteiger partial charge is 0.508 e. The second kappa shape index (κ2) is 6.94. The highest BCUT2D eigenvalue weighted by molar-refractivity contribution is 5.94. The lowest BCUT2D eigenvalue weighted by Gasteiger charge is -2.66. The SMILES string of the molecule is CC(=O)CN1CCC23c4cc(O)ccc4CC1C21CCC2C3[C@@H](CN2C(=O)c2ccccc2)C1. The van der Waals surface area contributed by atoms with E-state index in [0.717, 1.165) is 50.8 Å². The maximum atomic E-state index is 13.6. The molecule has 5 heteroatoms. The van der Waals surface area contributed by atoms with Crippen molar-refractivity contribution in [1.29, 1.82) is 0 Å². The molecule has 176 valence electrons. The normalized spacial score (nSPS) is 37.3. The van der Waals surface area contributed by atoms with Crippen molar-refractivity contribution in [2.75, 3.05) is 19.6 Å². The molecule has 6 atom stereocenters. The summed E-state index contributed by atoms with van der Waals surface area (Å²) < 4.78 is 0. The monoisotopic (exact) mass is 456 g/mol. The molecule has 34 heavy (non-hydrogen) atoms. The van der Waals surface area contributed by atoms with Crippen molar-refractivity contribution in [2.45, 2.75) is 56.5 Å². The van der Waals surface area contributed by atoms with E-state index in [-0.39, 0.29) is 28.6 Å². The Bertz CT molecular complexity index is 1200. The summed E-state index contributed by atoms with van der Waals surface area (Å²) in [4.78, 5) is 30.5. The number of fused-ring (bicyclic) bond motifs is 1. The summed E-state index contributed by atoms with van der Waals surface area (Å²) in [5.74, 6) is 1.67. The topological polar surface area (TPSA) is 60.9 Å². The quantitative estimate of drug-likeness (QED) is 0.764. The number of carbonyl (C=O) groups is 2. The van der Waals surface area contributed by atoms with Gasteiger partial charge in [0.25, 0.3) is 5.91 Å². The minimum atomic E-state index is -0.0173. The van der Waals surface area contributed by atoms with Gasteiger partial charge < -0.3 is 10.0 Å². The van der Waals surface area contributed by atoms with Crippen LogP contribution < -0.4 is 0 Å². The minimum Gasteiger partial charge on any atom is -0.508 e. The minimum absolute atomic E-state index is 0.0173. The van der Waals surface area contributed by atoms with Crippen LogP contribution in [0.4, 0.5) is 0 Å². The Labute approximate surface area is 200 Å². The zero-order chi connectivity index (χ0) is 23.2. The Morgan fingerprint density at radius 3 is 2.74 bits per heavy atom. The van der Waals surface area contributed by atoms with Gasteiger partial charge in [-0.05, 0) is 98.2 Å². The number of carbonyl (C=O) groups excluding carboxylic acids is 2. The predicted molar refractivity (Wildman–Crippen MR) is 129 cm³/mol. The number of nitrogens with zero attached hydrogens (tertiary/aromatic N) is 2. The highest BCUT2D eigenvalue weighted by atomic mass is 16.3. The molecule has 2 aromatic rings. The van der Waals surface area contributed by atoms with Crippen molar-refractivity contribution in [3.8, 4) is 5.75 Å². The second-order valence-electron chi connectivity index (χ2n) is 11.5. The number of likely N-dealkylation sites (tertiary alicyclic amines) is 2. The van der Waals surface area contributed by atoms with Crippen molar-refractivity contribution in [2.24, 2.45) is 17.3 Å². The Morgan fingerprint density at radius 2 is 1.94 bits per heavy atom. The first-order valence-corrected chi connectivity index (χ1v) is 12.9. The van der Waals surface area contributed by atoms with Gasteiger partial charge in [0.05, 0.1) is 6.54 Å². The molecule has 4 fully saturated rings. The molecule has 5 unspecified atom stereocenters. The lowest BCUT2D eigenvalue weighted by atomic mass is 9.43. The van der Waals surface area contributed by atoms with Crippen LogP contribution in [0.5, 0.6) is 5.75 Å². The maximum absolute atomic E-state index is 13.6. The summed E-state index contributed by atoms with van der Waals surface area (Å²) in [5.41, 5.74) is 3.58. The van der Waals surface area contributed by atoms with Crippen molar-refractivity contribution in [3.63, 3.8) is 0 Å². The van der Waals surface area contributed by atoms with E-state index in [9.17, 15) is 14.7 Å². The standard InChI is InChI=1S/C29H32N2O3/c1-18(32)16-30-12-11-29-23-14-22(33)8-7-20(23)13-25(30)28(29)10-9-24-26(29)21(15-28)17-31(24)27(34)19-5-3-2-4-6-19/h2-8,14,21,24-26,33H,9-13,15-17H2,1H3/t21-,24?,25?,26?,28?,29?/m1/s1. The third-order valence-electron chi connectivity index (χ3n) is 10.3. The van der Waals surface area contributed by atoms with Crippen molar-refractivity contribution < 1.29 is 14.7 Å². The number of benzene rings is 2. The number of rotatable bonds is 3. The van der Waals surface area contributed by atoms with Crippen molar-refractivity contribution in [1.82, 2.24) is 9.80 Å². The molecule has 2 aliphatic heterocycles. The predicted octanol–water partition coefficient (Wildman–Crippen LogP) is 3.79. The fourth-order valence-electron chi connectivity index (χ4n) is 9.55. The summed E-state index contributed by atoms with van der Waals surface area (Å²) in [6.45, 7) is 4.00. The molecule has 1 amide bonds. The highest BCUT2D eigenvalue weighted by Gasteiger charge is 2.76. The van der Waals surface area contributed by atoms with E-state index in [1.165, 1.54) is 11.1 Å². The molecule has 2 saturated carbocycles. The van der Waals surface area contributed by atoms with Crippen LogP contribution in [-0.4, -0.2) is 58.3 Å². The molecular formula is C29H32N2O3. The molecule has 5 nitrogen and oxygen atoms in total. The summed E-state index contributed by atoms with van der Waals surface area (Å²) in [5, 5.41) is 10.6. The average Bonchev–Trinajstić information content (AvgIpc) is 3.27. The van der Waals surface area contributed by atoms with Crippen molar-refractivity contribution in [3.05, 3.63) is 65.2 Å². The molecule has 0 aromatic heterocycles. The number of hydrogen-bond acceptors (Lipinski definition) is 4. The lowest BCUT2D eigenvalue weighted by Crippen LogP contribution is -2.70. The first kappa shape index (κ1) is 20.7. The van der Waals surface area contributed by atoms with Gasteiger partial charge in [-0.25, -0.2) is 0 Å². The van der Waals surface area contributed by atoms with Gasteiger partial charge in [0.15, 0.2) is 0 Å². The maximum Gasteiger partial charge on any atom is 0.254 e. The molecule has 1 N–H and O–H groups in total. The van der Waals surface area contributed by atoms with Crippen molar-refractivity contribution >= 4 is 11.7 Å². The van der Waals surface area contributed by atoms with Crippen LogP contribution >= 0.6 is 0 Å². The molecule has 3 aliphatic carbocycles. The fraction of sp³-hybridized carbons (Fsp3) is 0.517. The van der Waals surface area contributed by atoms with Gasteiger partial charge in [-0.1, -0.05) is 24.3 Å². The van der Waals surface area contributed by atoms with Crippen LogP contribution in [0.3, 0.4) is 0 Å². The van der Waals surface area contributed by atoms with Gasteiger partial charge in [0.1, 0.15) is 11.5 Å². The van der Waals surface area contributed by atoms with Crippen LogP contribution in [0.1, 0.15) is 54.1 Å². The highest BCUT2D eigenvalue weighted by Crippen LogP contribution is 2.75. The number of piperidine rings is 1. The molecule has 4 bridgehead atoms.